The van der Waals surface area contributed by atoms with E-state index in [0.29, 0.717) is 16.2 Å². The Morgan fingerprint density at radius 3 is 3.00 bits per heavy atom. The Bertz CT molecular complexity index is 1350. The molecule has 0 fully saturated rings. The molecule has 5 rings (SSSR count). The van der Waals surface area contributed by atoms with Gasteiger partial charge in [-0.15, -0.1) is 22.7 Å². The van der Waals surface area contributed by atoms with E-state index in [4.69, 9.17) is 14.8 Å². The van der Waals surface area contributed by atoms with E-state index in [1.54, 1.807) is 28.4 Å². The first-order valence-electron chi connectivity index (χ1n) is 9.49. The standard InChI is InChI=1S/C22H17N5O2S2/c1-14-4-6-17(31-14)11-24-27-19(13-30-22(27)25-16-3-2-8-23-10-16)15-5-7-20-18(9-15)26-21(28)12-29-20/h2-11,13H,12H2,1H3,(H,26,28). The number of aromatic nitrogens is 2. The number of amides is 1. The Kier molecular flexibility index (Phi) is 5.19. The SMILES string of the molecule is Cc1ccc(C=Nn2c(-c3ccc4c(c3)NC(=O)CO4)csc2=Nc2cccnc2)s1. The molecule has 3 aromatic heterocycles. The van der Waals surface area contributed by atoms with Gasteiger partial charge >= 0.3 is 0 Å². The Balaban J connectivity index is 1.62. The minimum absolute atomic E-state index is 0.0312. The maximum atomic E-state index is 11.7. The number of nitrogens with one attached hydrogen (secondary N) is 1. The fourth-order valence-corrected chi connectivity index (χ4v) is 4.70. The molecule has 1 N–H and O–H groups in total. The van der Waals surface area contributed by atoms with Crippen LogP contribution in [0.5, 0.6) is 5.75 Å². The number of hydrogen-bond acceptors (Lipinski definition) is 7. The number of fused-ring (bicyclic) bond motifs is 1. The summed E-state index contributed by atoms with van der Waals surface area (Å²) in [6, 6.07) is 13.6. The molecule has 0 unspecified atom stereocenters. The number of nitrogens with zero attached hydrogens (tertiary/aromatic N) is 4. The van der Waals surface area contributed by atoms with Crippen LogP contribution >= 0.6 is 22.7 Å². The predicted molar refractivity (Wildman–Crippen MR) is 123 cm³/mol. The van der Waals surface area contributed by atoms with Crippen molar-refractivity contribution in [1.82, 2.24) is 9.66 Å². The van der Waals surface area contributed by atoms with E-state index in [1.165, 1.54) is 16.2 Å². The summed E-state index contributed by atoms with van der Waals surface area (Å²) in [5, 5.41) is 9.59. The topological polar surface area (TPSA) is 80.9 Å². The number of thiazole rings is 1. The summed E-state index contributed by atoms with van der Waals surface area (Å²) in [4.78, 5) is 23.6. The van der Waals surface area contributed by atoms with E-state index in [-0.39, 0.29) is 12.5 Å². The van der Waals surface area contributed by atoms with Crippen molar-refractivity contribution in [3.05, 3.63) is 74.8 Å². The summed E-state index contributed by atoms with van der Waals surface area (Å²) in [5.74, 6) is 0.490. The quantitative estimate of drug-likeness (QED) is 0.470. The largest absolute Gasteiger partial charge is 0.482 e. The van der Waals surface area contributed by atoms with Gasteiger partial charge in [0.25, 0.3) is 5.91 Å². The van der Waals surface area contributed by atoms with E-state index >= 15 is 0 Å². The molecule has 7 nitrogen and oxygen atoms in total. The second-order valence-electron chi connectivity index (χ2n) is 6.78. The average molecular weight is 448 g/mol. The third-order valence-electron chi connectivity index (χ3n) is 4.53. The first kappa shape index (κ1) is 19.4. The van der Waals surface area contributed by atoms with E-state index < -0.39 is 0 Å². The van der Waals surface area contributed by atoms with Gasteiger partial charge in [0.05, 0.1) is 29.5 Å². The molecule has 1 amide bonds. The van der Waals surface area contributed by atoms with Crippen LogP contribution in [0.15, 0.2) is 70.3 Å². The smallest absolute Gasteiger partial charge is 0.262 e. The number of anilines is 1. The third kappa shape index (κ3) is 4.18. The Morgan fingerprint density at radius 1 is 1.26 bits per heavy atom. The molecule has 1 aromatic carbocycles. The fraction of sp³-hybridized carbons (Fsp3) is 0.0909. The van der Waals surface area contributed by atoms with Crippen molar-refractivity contribution in [2.75, 3.05) is 11.9 Å². The molecule has 1 aliphatic rings. The number of ether oxygens (including phenoxy) is 1. The molecular formula is C22H17N5O2S2. The monoisotopic (exact) mass is 447 g/mol. The minimum Gasteiger partial charge on any atom is -0.482 e. The summed E-state index contributed by atoms with van der Waals surface area (Å²) in [5.41, 5.74) is 3.15. The Labute approximate surface area is 186 Å². The highest BCUT2D eigenvalue weighted by atomic mass is 32.1. The molecular weight excluding hydrogens is 430 g/mol. The van der Waals surface area contributed by atoms with Crippen LogP contribution in [-0.4, -0.2) is 28.4 Å². The molecule has 1 aliphatic heterocycles. The predicted octanol–water partition coefficient (Wildman–Crippen LogP) is 4.43. The van der Waals surface area contributed by atoms with Gasteiger partial charge in [0.2, 0.25) is 4.80 Å². The lowest BCUT2D eigenvalue weighted by Gasteiger charge is -2.18. The van der Waals surface area contributed by atoms with Crippen molar-refractivity contribution >= 4 is 46.2 Å². The maximum absolute atomic E-state index is 11.7. The zero-order valence-corrected chi connectivity index (χ0v) is 18.1. The zero-order chi connectivity index (χ0) is 21.2. The van der Waals surface area contributed by atoms with Crippen LogP contribution < -0.4 is 14.9 Å². The van der Waals surface area contributed by atoms with E-state index in [1.807, 2.05) is 48.0 Å². The molecule has 0 aliphatic carbocycles. The van der Waals surface area contributed by atoms with Crippen LogP contribution in [0.4, 0.5) is 11.4 Å². The average Bonchev–Trinajstić information content (AvgIpc) is 3.38. The summed E-state index contributed by atoms with van der Waals surface area (Å²) in [7, 11) is 0. The van der Waals surface area contributed by atoms with Crippen LogP contribution in [0.1, 0.15) is 9.75 Å². The highest BCUT2D eigenvalue weighted by molar-refractivity contribution is 7.13. The van der Waals surface area contributed by atoms with Crippen molar-refractivity contribution in [1.29, 1.82) is 0 Å². The molecule has 31 heavy (non-hydrogen) atoms. The number of carbonyl (C=O) groups is 1. The molecule has 4 heterocycles. The first-order valence-corrected chi connectivity index (χ1v) is 11.2. The van der Waals surface area contributed by atoms with E-state index in [9.17, 15) is 4.79 Å². The van der Waals surface area contributed by atoms with E-state index in [0.717, 1.165) is 21.8 Å². The number of pyridine rings is 1. The van der Waals surface area contributed by atoms with Gasteiger partial charge in [-0.1, -0.05) is 0 Å². The molecule has 0 saturated heterocycles. The van der Waals surface area contributed by atoms with Gasteiger partial charge in [0.1, 0.15) is 5.75 Å². The van der Waals surface area contributed by atoms with Crippen molar-refractivity contribution in [2.24, 2.45) is 10.1 Å². The van der Waals surface area contributed by atoms with Gasteiger partial charge in [0.15, 0.2) is 6.61 Å². The van der Waals surface area contributed by atoms with Crippen LogP contribution in [0.25, 0.3) is 11.3 Å². The molecule has 0 atom stereocenters. The second kappa shape index (κ2) is 8.29. The summed E-state index contributed by atoms with van der Waals surface area (Å²) >= 11 is 3.16. The highest BCUT2D eigenvalue weighted by Crippen LogP contribution is 2.33. The molecule has 0 saturated carbocycles. The molecule has 0 radical (unpaired) electrons. The third-order valence-corrected chi connectivity index (χ3v) is 6.28. The maximum Gasteiger partial charge on any atom is 0.262 e. The zero-order valence-electron chi connectivity index (χ0n) is 16.5. The Morgan fingerprint density at radius 2 is 2.19 bits per heavy atom. The first-order chi connectivity index (χ1) is 15.2. The van der Waals surface area contributed by atoms with Crippen molar-refractivity contribution in [2.45, 2.75) is 6.92 Å². The van der Waals surface area contributed by atoms with Gasteiger partial charge < -0.3 is 10.1 Å². The van der Waals surface area contributed by atoms with Crippen molar-refractivity contribution in [3.63, 3.8) is 0 Å². The van der Waals surface area contributed by atoms with E-state index in [2.05, 4.69) is 23.3 Å². The van der Waals surface area contributed by atoms with Gasteiger partial charge in [-0.2, -0.15) is 5.10 Å². The number of benzene rings is 1. The molecule has 0 spiro atoms. The molecule has 154 valence electrons. The number of aryl methyl sites for hydroxylation is 1. The molecule has 9 heteroatoms. The van der Waals surface area contributed by atoms with Crippen LogP contribution in [0.3, 0.4) is 0 Å². The van der Waals surface area contributed by atoms with Crippen molar-refractivity contribution in [3.8, 4) is 17.0 Å². The van der Waals surface area contributed by atoms with Crippen molar-refractivity contribution < 1.29 is 9.53 Å². The normalized spacial score (nSPS) is 13.8. The summed E-state index contributed by atoms with van der Waals surface area (Å²) in [6.07, 6.45) is 5.26. The lowest BCUT2D eigenvalue weighted by Crippen LogP contribution is -2.25. The minimum atomic E-state index is -0.166. The number of thiophene rings is 1. The number of carbonyl (C=O) groups excluding carboxylic acids is 1. The highest BCUT2D eigenvalue weighted by Gasteiger charge is 2.17. The molecule has 4 aromatic rings. The van der Waals surface area contributed by atoms with Gasteiger partial charge in [-0.25, -0.2) is 9.67 Å². The van der Waals surface area contributed by atoms with Gasteiger partial charge in [-0.3, -0.25) is 9.78 Å². The van der Waals surface area contributed by atoms with Crippen LogP contribution in [0, 0.1) is 6.92 Å². The second-order valence-corrected chi connectivity index (χ2v) is 8.94. The summed E-state index contributed by atoms with van der Waals surface area (Å²) < 4.78 is 7.28. The lowest BCUT2D eigenvalue weighted by molar-refractivity contribution is -0.118. The fourth-order valence-electron chi connectivity index (χ4n) is 3.10. The Hall–Kier alpha value is -3.56. The van der Waals surface area contributed by atoms with Crippen LogP contribution in [0.2, 0.25) is 0 Å². The number of hydrogen-bond donors (Lipinski definition) is 1. The number of rotatable bonds is 4. The lowest BCUT2D eigenvalue weighted by atomic mass is 10.1. The molecule has 0 bridgehead atoms. The summed E-state index contributed by atoms with van der Waals surface area (Å²) in [6.45, 7) is 2.10. The van der Waals surface area contributed by atoms with Gasteiger partial charge in [-0.05, 0) is 49.4 Å². The van der Waals surface area contributed by atoms with Gasteiger partial charge in [0, 0.05) is 26.9 Å². The van der Waals surface area contributed by atoms with Crippen LogP contribution in [-0.2, 0) is 4.79 Å².